The molecule has 0 saturated heterocycles. The molecule has 3 aromatic carbocycles. The Morgan fingerprint density at radius 3 is 1.53 bits per heavy atom. The number of alkyl halides is 1. The summed E-state index contributed by atoms with van der Waals surface area (Å²) < 4.78 is 15.5. The van der Waals surface area contributed by atoms with Gasteiger partial charge in [0.05, 0.1) is 25.5 Å². The SMILES string of the molecule is ClCc1cc(OCc2cn(Cc3ccccc3)nn2)cc(OCc2cn(Cc3ccccc3)nn2)c1. The highest BCUT2D eigenvalue weighted by atomic mass is 35.5. The van der Waals surface area contributed by atoms with Gasteiger partial charge >= 0.3 is 0 Å². The van der Waals surface area contributed by atoms with Gasteiger partial charge in [0.25, 0.3) is 0 Å². The first-order valence-corrected chi connectivity index (χ1v) is 12.1. The van der Waals surface area contributed by atoms with E-state index in [1.807, 2.05) is 67.0 Å². The highest BCUT2D eigenvalue weighted by Crippen LogP contribution is 2.25. The van der Waals surface area contributed by atoms with Crippen LogP contribution in [0.5, 0.6) is 11.5 Å². The molecule has 0 bridgehead atoms. The zero-order valence-corrected chi connectivity index (χ0v) is 20.3. The van der Waals surface area contributed by atoms with Crippen molar-refractivity contribution in [3.63, 3.8) is 0 Å². The monoisotopic (exact) mass is 500 g/mol. The summed E-state index contributed by atoms with van der Waals surface area (Å²) >= 11 is 6.10. The largest absolute Gasteiger partial charge is 0.487 e. The summed E-state index contributed by atoms with van der Waals surface area (Å²) in [5, 5.41) is 16.8. The molecule has 2 aromatic heterocycles. The first kappa shape index (κ1) is 23.6. The molecule has 0 aliphatic carbocycles. The molecule has 2 heterocycles. The van der Waals surface area contributed by atoms with Crippen LogP contribution in [-0.2, 0) is 32.2 Å². The van der Waals surface area contributed by atoms with Crippen LogP contribution in [0.3, 0.4) is 0 Å². The van der Waals surface area contributed by atoms with Crippen molar-refractivity contribution in [1.82, 2.24) is 30.0 Å². The predicted octanol–water partition coefficient (Wildman–Crippen LogP) is 4.86. The summed E-state index contributed by atoms with van der Waals surface area (Å²) in [4.78, 5) is 0. The van der Waals surface area contributed by atoms with Crippen molar-refractivity contribution >= 4 is 11.6 Å². The van der Waals surface area contributed by atoms with Crippen LogP contribution in [0.25, 0.3) is 0 Å². The quantitative estimate of drug-likeness (QED) is 0.241. The molecular formula is C27H25ClN6O2. The number of aromatic nitrogens is 6. The predicted molar refractivity (Wildman–Crippen MR) is 136 cm³/mol. The fraction of sp³-hybridized carbons (Fsp3) is 0.185. The summed E-state index contributed by atoms with van der Waals surface area (Å²) in [5.41, 5.74) is 4.68. The molecule has 0 radical (unpaired) electrons. The first-order valence-electron chi connectivity index (χ1n) is 11.5. The van der Waals surface area contributed by atoms with Gasteiger partial charge in [-0.05, 0) is 28.8 Å². The second-order valence-corrected chi connectivity index (χ2v) is 8.58. The maximum atomic E-state index is 6.10. The minimum Gasteiger partial charge on any atom is -0.487 e. The topological polar surface area (TPSA) is 79.9 Å². The van der Waals surface area contributed by atoms with Crippen LogP contribution >= 0.6 is 11.6 Å². The number of hydrogen-bond donors (Lipinski definition) is 0. The van der Waals surface area contributed by atoms with Crippen LogP contribution in [0.1, 0.15) is 28.1 Å². The van der Waals surface area contributed by atoms with E-state index in [1.54, 1.807) is 9.36 Å². The summed E-state index contributed by atoms with van der Waals surface area (Å²) in [6.45, 7) is 1.88. The molecule has 0 atom stereocenters. The fourth-order valence-electron chi connectivity index (χ4n) is 3.69. The van der Waals surface area contributed by atoms with Gasteiger partial charge in [-0.15, -0.1) is 21.8 Å². The smallest absolute Gasteiger partial charge is 0.134 e. The van der Waals surface area contributed by atoms with Crippen LogP contribution in [-0.4, -0.2) is 30.0 Å². The van der Waals surface area contributed by atoms with E-state index in [0.717, 1.165) is 28.1 Å². The Bertz CT molecular complexity index is 1290. The number of nitrogens with zero attached hydrogens (tertiary/aromatic N) is 6. The van der Waals surface area contributed by atoms with Gasteiger partial charge in [0.2, 0.25) is 0 Å². The normalized spacial score (nSPS) is 10.9. The van der Waals surface area contributed by atoms with E-state index >= 15 is 0 Å². The molecule has 0 aliphatic rings. The Hall–Kier alpha value is -4.17. The number of benzene rings is 3. The number of halogens is 1. The molecule has 36 heavy (non-hydrogen) atoms. The van der Waals surface area contributed by atoms with Crippen molar-refractivity contribution in [2.75, 3.05) is 0 Å². The average molecular weight is 501 g/mol. The minimum atomic E-state index is 0.285. The lowest BCUT2D eigenvalue weighted by Crippen LogP contribution is -2.00. The summed E-state index contributed by atoms with van der Waals surface area (Å²) in [5.74, 6) is 1.63. The van der Waals surface area contributed by atoms with E-state index in [-0.39, 0.29) is 13.2 Å². The zero-order chi connectivity index (χ0) is 24.6. The van der Waals surface area contributed by atoms with Crippen LogP contribution < -0.4 is 9.47 Å². The Morgan fingerprint density at radius 1 is 0.611 bits per heavy atom. The molecular weight excluding hydrogens is 476 g/mol. The lowest BCUT2D eigenvalue weighted by atomic mass is 10.2. The molecule has 0 N–H and O–H groups in total. The molecule has 0 aliphatic heterocycles. The van der Waals surface area contributed by atoms with Gasteiger partial charge in [-0.25, -0.2) is 9.36 Å². The summed E-state index contributed by atoms with van der Waals surface area (Å²) in [7, 11) is 0. The van der Waals surface area contributed by atoms with Crippen molar-refractivity contribution < 1.29 is 9.47 Å². The van der Waals surface area contributed by atoms with Crippen molar-refractivity contribution in [3.05, 3.63) is 119 Å². The Balaban J connectivity index is 1.18. The van der Waals surface area contributed by atoms with Gasteiger partial charge in [0.1, 0.15) is 36.1 Å². The molecule has 5 rings (SSSR count). The highest BCUT2D eigenvalue weighted by molar-refractivity contribution is 6.17. The van der Waals surface area contributed by atoms with Crippen LogP contribution in [0.15, 0.2) is 91.3 Å². The van der Waals surface area contributed by atoms with Gasteiger partial charge in [0.15, 0.2) is 0 Å². The van der Waals surface area contributed by atoms with Gasteiger partial charge in [-0.1, -0.05) is 71.1 Å². The number of rotatable bonds is 11. The third-order valence-electron chi connectivity index (χ3n) is 5.41. The highest BCUT2D eigenvalue weighted by Gasteiger charge is 2.08. The molecule has 0 spiro atoms. The van der Waals surface area contributed by atoms with Crippen molar-refractivity contribution in [3.8, 4) is 11.5 Å². The third kappa shape index (κ3) is 6.49. The lowest BCUT2D eigenvalue weighted by molar-refractivity contribution is 0.285. The second-order valence-electron chi connectivity index (χ2n) is 8.31. The molecule has 9 heteroatoms. The van der Waals surface area contributed by atoms with Gasteiger partial charge in [0, 0.05) is 11.9 Å². The van der Waals surface area contributed by atoms with Crippen LogP contribution in [0.4, 0.5) is 0 Å². The zero-order valence-electron chi connectivity index (χ0n) is 19.6. The second kappa shape index (κ2) is 11.5. The van der Waals surface area contributed by atoms with Crippen molar-refractivity contribution in [2.24, 2.45) is 0 Å². The fourth-order valence-corrected chi connectivity index (χ4v) is 3.85. The minimum absolute atomic E-state index is 0.285. The molecule has 5 aromatic rings. The third-order valence-corrected chi connectivity index (χ3v) is 5.72. The van der Waals surface area contributed by atoms with Crippen molar-refractivity contribution in [2.45, 2.75) is 32.2 Å². The Kier molecular flexibility index (Phi) is 7.53. The van der Waals surface area contributed by atoms with E-state index in [2.05, 4.69) is 44.9 Å². The molecule has 8 nitrogen and oxygen atoms in total. The average Bonchev–Trinajstić information content (AvgIpc) is 3.56. The van der Waals surface area contributed by atoms with E-state index < -0.39 is 0 Å². The Labute approximate surface area is 214 Å². The maximum Gasteiger partial charge on any atom is 0.134 e. The van der Waals surface area contributed by atoms with Crippen molar-refractivity contribution in [1.29, 1.82) is 0 Å². The maximum absolute atomic E-state index is 6.10. The molecule has 0 amide bonds. The number of ether oxygens (including phenoxy) is 2. The van der Waals surface area contributed by atoms with Gasteiger partial charge < -0.3 is 9.47 Å². The molecule has 0 unspecified atom stereocenters. The van der Waals surface area contributed by atoms with E-state index in [4.69, 9.17) is 21.1 Å². The number of hydrogen-bond acceptors (Lipinski definition) is 6. The van der Waals surface area contributed by atoms with E-state index in [1.165, 1.54) is 0 Å². The molecule has 0 saturated carbocycles. The van der Waals surface area contributed by atoms with E-state index in [9.17, 15) is 0 Å². The Morgan fingerprint density at radius 2 is 1.08 bits per heavy atom. The van der Waals surface area contributed by atoms with E-state index in [0.29, 0.717) is 30.5 Å². The summed E-state index contributed by atoms with van der Waals surface area (Å²) in [6, 6.07) is 25.9. The summed E-state index contributed by atoms with van der Waals surface area (Å²) in [6.07, 6.45) is 3.77. The van der Waals surface area contributed by atoms with Gasteiger partial charge in [-0.3, -0.25) is 0 Å². The van der Waals surface area contributed by atoms with Gasteiger partial charge in [-0.2, -0.15) is 0 Å². The molecule has 182 valence electrons. The van der Waals surface area contributed by atoms with Crippen LogP contribution in [0, 0.1) is 0 Å². The van der Waals surface area contributed by atoms with Crippen LogP contribution in [0.2, 0.25) is 0 Å². The first-order chi connectivity index (χ1) is 17.7. The molecule has 0 fully saturated rings. The lowest BCUT2D eigenvalue weighted by Gasteiger charge is -2.10. The standard InChI is InChI=1S/C27H25ClN6O2/c28-14-23-11-26(35-19-24-17-33(31-29-24)15-21-7-3-1-4-8-21)13-27(12-23)36-20-25-18-34(32-30-25)16-22-9-5-2-6-10-22/h1-13,17-18H,14-16,19-20H2.